The Labute approximate surface area is 124 Å². The second-order valence-electron chi connectivity index (χ2n) is 4.33. The van der Waals surface area contributed by atoms with E-state index in [1.54, 1.807) is 30.8 Å². The van der Waals surface area contributed by atoms with E-state index in [9.17, 15) is 9.50 Å². The third-order valence-electron chi connectivity index (χ3n) is 2.99. The molecule has 0 spiro atoms. The zero-order chi connectivity index (χ0) is 14.2. The maximum atomic E-state index is 13.4. The quantitative estimate of drug-likeness (QED) is 0.922. The van der Waals surface area contributed by atoms with Crippen LogP contribution in [0, 0.1) is 12.7 Å². The van der Waals surface area contributed by atoms with Crippen molar-refractivity contribution in [3.8, 4) is 0 Å². The molecule has 3 nitrogen and oxygen atoms in total. The maximum Gasteiger partial charge on any atom is 0.137 e. The van der Waals surface area contributed by atoms with Gasteiger partial charge >= 0.3 is 0 Å². The molecule has 102 valence electrons. The van der Waals surface area contributed by atoms with Crippen LogP contribution in [0.3, 0.4) is 0 Å². The highest BCUT2D eigenvalue weighted by Gasteiger charge is 2.19. The van der Waals surface area contributed by atoms with Crippen molar-refractivity contribution in [3.63, 3.8) is 0 Å². The van der Waals surface area contributed by atoms with Gasteiger partial charge in [0, 0.05) is 13.5 Å². The van der Waals surface area contributed by atoms with Crippen LogP contribution < -0.4 is 0 Å². The van der Waals surface area contributed by atoms with E-state index in [0.717, 1.165) is 5.69 Å². The Morgan fingerprint density at radius 2 is 2.21 bits per heavy atom. The summed E-state index contributed by atoms with van der Waals surface area (Å²) >= 11 is 9.28. The number of halogens is 3. The summed E-state index contributed by atoms with van der Waals surface area (Å²) in [5.74, 6) is -0.399. The summed E-state index contributed by atoms with van der Waals surface area (Å²) in [4.78, 5) is 0. The summed E-state index contributed by atoms with van der Waals surface area (Å²) in [6.07, 6.45) is -0.574. The zero-order valence-electron chi connectivity index (χ0n) is 10.5. The summed E-state index contributed by atoms with van der Waals surface area (Å²) < 4.78 is 15.3. The topological polar surface area (TPSA) is 38.0 Å². The molecule has 0 aliphatic rings. The molecular formula is C13H13BrClFN2O. The predicted octanol–water partition coefficient (Wildman–Crippen LogP) is 3.56. The molecule has 0 radical (unpaired) electrons. The molecule has 6 heteroatoms. The number of aryl methyl sites for hydroxylation is 2. The Kier molecular flexibility index (Phi) is 4.28. The van der Waals surface area contributed by atoms with Gasteiger partial charge in [-0.25, -0.2) is 4.39 Å². The minimum atomic E-state index is -0.850. The molecule has 1 heterocycles. The third-order valence-corrected chi connectivity index (χ3v) is 4.32. The van der Waals surface area contributed by atoms with Crippen LogP contribution in [0.1, 0.15) is 23.1 Å². The Balaban J connectivity index is 2.31. The van der Waals surface area contributed by atoms with Crippen molar-refractivity contribution >= 4 is 27.5 Å². The van der Waals surface area contributed by atoms with Crippen molar-refractivity contribution in [2.24, 2.45) is 7.05 Å². The smallest absolute Gasteiger partial charge is 0.137 e. The molecule has 0 aliphatic heterocycles. The van der Waals surface area contributed by atoms with Crippen molar-refractivity contribution in [3.05, 3.63) is 50.5 Å². The minimum Gasteiger partial charge on any atom is -0.388 e. The number of aromatic nitrogens is 2. The molecule has 2 rings (SSSR count). The van der Waals surface area contributed by atoms with E-state index in [2.05, 4.69) is 21.0 Å². The van der Waals surface area contributed by atoms with Crippen LogP contribution in [0.2, 0.25) is 5.02 Å². The van der Waals surface area contributed by atoms with Gasteiger partial charge in [0.1, 0.15) is 5.82 Å². The van der Waals surface area contributed by atoms with Crippen LogP contribution in [0.25, 0.3) is 0 Å². The molecule has 1 N–H and O–H groups in total. The fraction of sp³-hybridized carbons (Fsp3) is 0.308. The van der Waals surface area contributed by atoms with Crippen molar-refractivity contribution in [1.82, 2.24) is 9.78 Å². The van der Waals surface area contributed by atoms with Gasteiger partial charge in [0.2, 0.25) is 0 Å². The number of aliphatic hydroxyl groups excluding tert-OH is 1. The second kappa shape index (κ2) is 5.61. The van der Waals surface area contributed by atoms with Crippen LogP contribution in [0.5, 0.6) is 0 Å². The highest BCUT2D eigenvalue weighted by Crippen LogP contribution is 2.30. The van der Waals surface area contributed by atoms with Gasteiger partial charge in [0.05, 0.1) is 27.0 Å². The summed E-state index contributed by atoms with van der Waals surface area (Å²) in [6, 6.07) is 4.57. The van der Waals surface area contributed by atoms with Gasteiger partial charge in [0.15, 0.2) is 0 Å². The number of benzene rings is 1. The Morgan fingerprint density at radius 1 is 1.53 bits per heavy atom. The van der Waals surface area contributed by atoms with Gasteiger partial charge in [0.25, 0.3) is 0 Å². The predicted molar refractivity (Wildman–Crippen MR) is 75.7 cm³/mol. The molecule has 1 atom stereocenters. The van der Waals surface area contributed by atoms with Crippen LogP contribution in [0.15, 0.2) is 22.7 Å². The van der Waals surface area contributed by atoms with Crippen LogP contribution in [0.4, 0.5) is 4.39 Å². The van der Waals surface area contributed by atoms with Gasteiger partial charge in [-0.15, -0.1) is 0 Å². The van der Waals surface area contributed by atoms with Crippen LogP contribution in [-0.4, -0.2) is 14.9 Å². The molecule has 2 aromatic rings. The Bertz CT molecular complexity index is 615. The normalized spacial score (nSPS) is 12.7. The van der Waals surface area contributed by atoms with Crippen molar-refractivity contribution < 1.29 is 9.50 Å². The number of hydrogen-bond donors (Lipinski definition) is 1. The van der Waals surface area contributed by atoms with E-state index in [0.29, 0.717) is 16.3 Å². The summed E-state index contributed by atoms with van der Waals surface area (Å²) in [5, 5.41) is 15.0. The SMILES string of the molecule is Cc1nn(C)c(CC(O)c2cccc(F)c2Br)c1Cl. The van der Waals surface area contributed by atoms with E-state index >= 15 is 0 Å². The number of rotatable bonds is 3. The highest BCUT2D eigenvalue weighted by molar-refractivity contribution is 9.10. The summed E-state index contributed by atoms with van der Waals surface area (Å²) in [7, 11) is 1.77. The van der Waals surface area contributed by atoms with E-state index in [1.165, 1.54) is 6.07 Å². The lowest BCUT2D eigenvalue weighted by Crippen LogP contribution is -2.08. The monoisotopic (exact) mass is 346 g/mol. The van der Waals surface area contributed by atoms with Gasteiger partial charge in [-0.05, 0) is 34.5 Å². The third kappa shape index (κ3) is 2.83. The van der Waals surface area contributed by atoms with E-state index in [-0.39, 0.29) is 10.9 Å². The Morgan fingerprint density at radius 3 is 2.79 bits per heavy atom. The molecule has 1 unspecified atom stereocenters. The lowest BCUT2D eigenvalue weighted by atomic mass is 10.0. The highest BCUT2D eigenvalue weighted by atomic mass is 79.9. The fourth-order valence-electron chi connectivity index (χ4n) is 1.97. The van der Waals surface area contributed by atoms with Crippen LogP contribution >= 0.6 is 27.5 Å². The molecule has 0 saturated heterocycles. The largest absolute Gasteiger partial charge is 0.388 e. The number of nitrogens with zero attached hydrogens (tertiary/aromatic N) is 2. The standard InChI is InChI=1S/C13H13BrClFN2O/c1-7-13(15)10(18(2)17-7)6-11(19)8-4-3-5-9(16)12(8)14/h3-5,11,19H,6H2,1-2H3. The van der Waals surface area contributed by atoms with E-state index in [1.807, 2.05) is 0 Å². The average molecular weight is 348 g/mol. The number of hydrogen-bond acceptors (Lipinski definition) is 2. The van der Waals surface area contributed by atoms with E-state index < -0.39 is 11.9 Å². The molecule has 1 aromatic heterocycles. The first-order chi connectivity index (χ1) is 8.91. The van der Waals surface area contributed by atoms with Gasteiger partial charge < -0.3 is 5.11 Å². The number of aliphatic hydroxyl groups is 1. The molecule has 1 aromatic carbocycles. The summed E-state index contributed by atoms with van der Waals surface area (Å²) in [6.45, 7) is 1.80. The van der Waals surface area contributed by atoms with Crippen molar-refractivity contribution in [2.45, 2.75) is 19.4 Å². The molecule has 0 saturated carbocycles. The molecule has 0 amide bonds. The maximum absolute atomic E-state index is 13.4. The molecule has 0 fully saturated rings. The van der Waals surface area contributed by atoms with Gasteiger partial charge in [-0.3, -0.25) is 4.68 Å². The second-order valence-corrected chi connectivity index (χ2v) is 5.50. The van der Waals surface area contributed by atoms with Gasteiger partial charge in [-0.2, -0.15) is 5.10 Å². The first-order valence-corrected chi connectivity index (χ1v) is 6.89. The lowest BCUT2D eigenvalue weighted by Gasteiger charge is -2.13. The zero-order valence-corrected chi connectivity index (χ0v) is 12.8. The first kappa shape index (κ1) is 14.5. The lowest BCUT2D eigenvalue weighted by molar-refractivity contribution is 0.174. The Hall–Kier alpha value is -0.910. The molecular weight excluding hydrogens is 335 g/mol. The van der Waals surface area contributed by atoms with Crippen LogP contribution in [-0.2, 0) is 13.5 Å². The minimum absolute atomic E-state index is 0.275. The van der Waals surface area contributed by atoms with E-state index in [4.69, 9.17) is 11.6 Å². The molecule has 0 bridgehead atoms. The van der Waals surface area contributed by atoms with Crippen molar-refractivity contribution in [1.29, 1.82) is 0 Å². The summed E-state index contributed by atoms with van der Waals surface area (Å²) in [5.41, 5.74) is 1.93. The first-order valence-electron chi connectivity index (χ1n) is 5.71. The average Bonchev–Trinajstić information content (AvgIpc) is 2.59. The molecule has 19 heavy (non-hydrogen) atoms. The fourth-order valence-corrected chi connectivity index (χ4v) is 2.74. The van der Waals surface area contributed by atoms with Gasteiger partial charge in [-0.1, -0.05) is 23.7 Å². The van der Waals surface area contributed by atoms with Crippen molar-refractivity contribution in [2.75, 3.05) is 0 Å². The molecule has 0 aliphatic carbocycles.